The van der Waals surface area contributed by atoms with Gasteiger partial charge in [-0.1, -0.05) is 20.8 Å². The molecule has 0 radical (unpaired) electrons. The van der Waals surface area contributed by atoms with E-state index >= 15 is 0 Å². The third kappa shape index (κ3) is 2.68. The molecule has 1 heterocycles. The lowest BCUT2D eigenvalue weighted by Crippen LogP contribution is -2.48. The summed E-state index contributed by atoms with van der Waals surface area (Å²) in [7, 11) is 0. The molecule has 0 aromatic rings. The van der Waals surface area contributed by atoms with Crippen LogP contribution in [0.4, 0.5) is 0 Å². The Hall–Kier alpha value is -0.0800. The fourth-order valence-electron chi connectivity index (χ4n) is 1.75. The third-order valence-corrected chi connectivity index (χ3v) is 3.64. The van der Waals surface area contributed by atoms with Crippen LogP contribution in [-0.4, -0.2) is 37.2 Å². The Morgan fingerprint density at radius 2 is 1.85 bits per heavy atom. The first kappa shape index (κ1) is 11.0. The summed E-state index contributed by atoms with van der Waals surface area (Å²) in [5.74, 6) is 0. The van der Waals surface area contributed by atoms with Gasteiger partial charge in [0.25, 0.3) is 0 Å². The van der Waals surface area contributed by atoms with Gasteiger partial charge < -0.3 is 4.74 Å². The van der Waals surface area contributed by atoms with Crippen LogP contribution in [0, 0.1) is 5.41 Å². The molecule has 0 aromatic carbocycles. The van der Waals surface area contributed by atoms with Crippen LogP contribution in [0.2, 0.25) is 0 Å². The molecular formula is C11H23NO. The van der Waals surface area contributed by atoms with Gasteiger partial charge in [0.15, 0.2) is 0 Å². The second-order valence-electron chi connectivity index (χ2n) is 4.67. The van der Waals surface area contributed by atoms with Gasteiger partial charge in [-0.25, -0.2) is 0 Å². The van der Waals surface area contributed by atoms with Gasteiger partial charge in [0.05, 0.1) is 13.2 Å². The average Bonchev–Trinajstić information content (AvgIpc) is 2.18. The highest BCUT2D eigenvalue weighted by molar-refractivity contribution is 4.82. The fraction of sp³-hybridized carbons (Fsp3) is 1.00. The predicted molar refractivity (Wildman–Crippen MR) is 55.9 cm³/mol. The Kier molecular flexibility index (Phi) is 3.74. The zero-order valence-corrected chi connectivity index (χ0v) is 9.47. The maximum Gasteiger partial charge on any atom is 0.0594 e. The van der Waals surface area contributed by atoms with E-state index in [0.29, 0.717) is 11.5 Å². The van der Waals surface area contributed by atoms with Crippen molar-refractivity contribution in [3.8, 4) is 0 Å². The van der Waals surface area contributed by atoms with Crippen LogP contribution < -0.4 is 0 Å². The number of hydrogen-bond acceptors (Lipinski definition) is 2. The Labute approximate surface area is 82.3 Å². The van der Waals surface area contributed by atoms with Gasteiger partial charge >= 0.3 is 0 Å². The van der Waals surface area contributed by atoms with Crippen molar-refractivity contribution in [2.45, 2.75) is 40.2 Å². The maximum atomic E-state index is 5.35. The molecular weight excluding hydrogens is 162 g/mol. The van der Waals surface area contributed by atoms with Crippen molar-refractivity contribution < 1.29 is 4.74 Å². The summed E-state index contributed by atoms with van der Waals surface area (Å²) in [5.41, 5.74) is 0.428. The molecule has 0 amide bonds. The molecule has 1 unspecified atom stereocenters. The third-order valence-electron chi connectivity index (χ3n) is 3.64. The first-order valence-corrected chi connectivity index (χ1v) is 5.39. The normalized spacial score (nSPS) is 23.1. The summed E-state index contributed by atoms with van der Waals surface area (Å²) in [6.07, 6.45) is 1.24. The lowest BCUT2D eigenvalue weighted by atomic mass is 9.82. The lowest BCUT2D eigenvalue weighted by molar-refractivity contribution is -0.00912. The van der Waals surface area contributed by atoms with Gasteiger partial charge in [0, 0.05) is 19.1 Å². The van der Waals surface area contributed by atoms with E-state index in [4.69, 9.17) is 4.74 Å². The van der Waals surface area contributed by atoms with Gasteiger partial charge in [-0.3, -0.25) is 4.90 Å². The molecule has 0 aliphatic carbocycles. The number of hydrogen-bond donors (Lipinski definition) is 0. The number of ether oxygens (including phenoxy) is 1. The van der Waals surface area contributed by atoms with Crippen molar-refractivity contribution >= 4 is 0 Å². The Morgan fingerprint density at radius 1 is 1.31 bits per heavy atom. The minimum atomic E-state index is 0.428. The quantitative estimate of drug-likeness (QED) is 0.668. The number of nitrogens with zero attached hydrogens (tertiary/aromatic N) is 1. The van der Waals surface area contributed by atoms with Crippen LogP contribution in [0.15, 0.2) is 0 Å². The summed E-state index contributed by atoms with van der Waals surface area (Å²) in [4.78, 5) is 2.55. The SMILES string of the molecule is CCC(C)(C)C(C)N1CCOCC1. The van der Waals surface area contributed by atoms with Gasteiger partial charge in [-0.05, 0) is 18.8 Å². The van der Waals surface area contributed by atoms with Crippen molar-refractivity contribution in [3.63, 3.8) is 0 Å². The van der Waals surface area contributed by atoms with Crippen molar-refractivity contribution in [2.24, 2.45) is 5.41 Å². The van der Waals surface area contributed by atoms with Gasteiger partial charge in [-0.15, -0.1) is 0 Å². The van der Waals surface area contributed by atoms with E-state index in [1.54, 1.807) is 0 Å². The van der Waals surface area contributed by atoms with Crippen LogP contribution in [0.5, 0.6) is 0 Å². The van der Waals surface area contributed by atoms with E-state index < -0.39 is 0 Å². The smallest absolute Gasteiger partial charge is 0.0594 e. The van der Waals surface area contributed by atoms with Crippen LogP contribution in [0.25, 0.3) is 0 Å². The second kappa shape index (κ2) is 4.43. The van der Waals surface area contributed by atoms with E-state index in [0.717, 1.165) is 26.3 Å². The molecule has 78 valence electrons. The molecule has 2 heteroatoms. The van der Waals surface area contributed by atoms with Gasteiger partial charge in [-0.2, -0.15) is 0 Å². The van der Waals surface area contributed by atoms with E-state index in [2.05, 4.69) is 32.6 Å². The zero-order chi connectivity index (χ0) is 9.90. The van der Waals surface area contributed by atoms with Crippen molar-refractivity contribution in [1.82, 2.24) is 4.90 Å². The van der Waals surface area contributed by atoms with Gasteiger partial charge in [0.2, 0.25) is 0 Å². The van der Waals surface area contributed by atoms with Crippen molar-refractivity contribution in [3.05, 3.63) is 0 Å². The van der Waals surface area contributed by atoms with E-state index in [9.17, 15) is 0 Å². The standard InChI is InChI=1S/C11H23NO/c1-5-11(3,4)10(2)12-6-8-13-9-7-12/h10H,5-9H2,1-4H3. The highest BCUT2D eigenvalue weighted by Gasteiger charge is 2.29. The maximum absolute atomic E-state index is 5.35. The fourth-order valence-corrected chi connectivity index (χ4v) is 1.75. The predicted octanol–water partition coefficient (Wildman–Crippen LogP) is 2.14. The molecule has 1 atom stereocenters. The molecule has 1 rings (SSSR count). The van der Waals surface area contributed by atoms with Gasteiger partial charge in [0.1, 0.15) is 0 Å². The summed E-state index contributed by atoms with van der Waals surface area (Å²) >= 11 is 0. The molecule has 0 N–H and O–H groups in total. The molecule has 0 saturated carbocycles. The number of morpholine rings is 1. The molecule has 2 nitrogen and oxygen atoms in total. The van der Waals surface area contributed by atoms with Crippen LogP contribution in [0.3, 0.4) is 0 Å². The largest absolute Gasteiger partial charge is 0.379 e. The van der Waals surface area contributed by atoms with Crippen molar-refractivity contribution in [1.29, 1.82) is 0 Å². The summed E-state index contributed by atoms with van der Waals surface area (Å²) in [6, 6.07) is 0.668. The van der Waals surface area contributed by atoms with E-state index in [1.807, 2.05) is 0 Å². The monoisotopic (exact) mass is 185 g/mol. The number of rotatable bonds is 3. The van der Waals surface area contributed by atoms with E-state index in [-0.39, 0.29) is 0 Å². The molecule has 13 heavy (non-hydrogen) atoms. The lowest BCUT2D eigenvalue weighted by Gasteiger charge is -2.41. The molecule has 1 fully saturated rings. The summed E-state index contributed by atoms with van der Waals surface area (Å²) in [6.45, 7) is 13.3. The van der Waals surface area contributed by atoms with Crippen LogP contribution in [0.1, 0.15) is 34.1 Å². The van der Waals surface area contributed by atoms with Crippen LogP contribution in [-0.2, 0) is 4.74 Å². The zero-order valence-electron chi connectivity index (χ0n) is 9.47. The van der Waals surface area contributed by atoms with Crippen molar-refractivity contribution in [2.75, 3.05) is 26.3 Å². The summed E-state index contributed by atoms with van der Waals surface area (Å²) < 4.78 is 5.35. The Balaban J connectivity index is 2.49. The first-order chi connectivity index (χ1) is 6.08. The second-order valence-corrected chi connectivity index (χ2v) is 4.67. The minimum absolute atomic E-state index is 0.428. The average molecular weight is 185 g/mol. The highest BCUT2D eigenvalue weighted by Crippen LogP contribution is 2.28. The highest BCUT2D eigenvalue weighted by atomic mass is 16.5. The first-order valence-electron chi connectivity index (χ1n) is 5.39. The Bertz CT molecular complexity index is 150. The summed E-state index contributed by atoms with van der Waals surface area (Å²) in [5, 5.41) is 0. The minimum Gasteiger partial charge on any atom is -0.379 e. The Morgan fingerprint density at radius 3 is 2.31 bits per heavy atom. The molecule has 1 aliphatic rings. The molecule has 0 bridgehead atoms. The molecule has 0 aromatic heterocycles. The molecule has 0 spiro atoms. The topological polar surface area (TPSA) is 12.5 Å². The molecule has 1 aliphatic heterocycles. The van der Waals surface area contributed by atoms with Crippen LogP contribution >= 0.6 is 0 Å². The van der Waals surface area contributed by atoms with E-state index in [1.165, 1.54) is 6.42 Å². The molecule has 1 saturated heterocycles.